The Morgan fingerprint density at radius 1 is 1.00 bits per heavy atom. The molecule has 4 heteroatoms. The van der Waals surface area contributed by atoms with Crippen LogP contribution in [0.3, 0.4) is 0 Å². The van der Waals surface area contributed by atoms with E-state index in [4.69, 9.17) is 4.52 Å². The van der Waals surface area contributed by atoms with Crippen molar-refractivity contribution in [3.63, 3.8) is 0 Å². The number of hydrogen-bond acceptors (Lipinski definition) is 4. The van der Waals surface area contributed by atoms with E-state index < -0.39 is 0 Å². The van der Waals surface area contributed by atoms with E-state index in [1.807, 2.05) is 0 Å². The molecule has 0 radical (unpaired) electrons. The van der Waals surface area contributed by atoms with Crippen LogP contribution in [0.2, 0.25) is 0 Å². The zero-order valence-corrected chi connectivity index (χ0v) is 16.2. The van der Waals surface area contributed by atoms with Crippen molar-refractivity contribution in [3.05, 3.63) is 35.7 Å². The van der Waals surface area contributed by atoms with Gasteiger partial charge in [0.15, 0.2) is 0 Å². The van der Waals surface area contributed by atoms with Crippen LogP contribution >= 0.6 is 0 Å². The zero-order valence-electron chi connectivity index (χ0n) is 16.2. The first-order chi connectivity index (χ1) is 12.9. The maximum atomic E-state index is 5.46. The van der Waals surface area contributed by atoms with Crippen molar-refractivity contribution in [1.82, 2.24) is 15.5 Å². The molecule has 142 valence electrons. The number of unbranched alkanes of at least 4 members (excludes halogenated alkanes) is 7. The minimum absolute atomic E-state index is 0.373. The van der Waals surface area contributed by atoms with Gasteiger partial charge in [-0.25, -0.2) is 0 Å². The number of aromatic nitrogens is 2. The number of benzene rings is 1. The molecule has 1 aliphatic heterocycles. The average molecular weight is 356 g/mol. The lowest BCUT2D eigenvalue weighted by molar-refractivity contribution is 0.359. The SMILES string of the molecule is CCCCCCCCCCc1ccc(-c2noc([C@H]3CCNC3)n2)cc1. The standard InChI is InChI=1S/C22H33N3O/c1-2-3-4-5-6-7-8-9-10-18-11-13-19(14-12-18)21-24-22(26-25-21)20-15-16-23-17-20/h11-14,20,23H,2-10,15-17H2,1H3/t20-/m0/s1. The smallest absolute Gasteiger partial charge is 0.231 e. The van der Waals surface area contributed by atoms with Gasteiger partial charge < -0.3 is 9.84 Å². The van der Waals surface area contributed by atoms with Crippen molar-refractivity contribution >= 4 is 0 Å². The van der Waals surface area contributed by atoms with Crippen molar-refractivity contribution in [2.45, 2.75) is 77.0 Å². The van der Waals surface area contributed by atoms with Crippen LogP contribution in [-0.4, -0.2) is 23.2 Å². The second kappa shape index (κ2) is 10.5. The molecule has 1 aromatic heterocycles. The highest BCUT2D eigenvalue weighted by Gasteiger charge is 2.22. The highest BCUT2D eigenvalue weighted by Crippen LogP contribution is 2.24. The summed E-state index contributed by atoms with van der Waals surface area (Å²) in [7, 11) is 0. The van der Waals surface area contributed by atoms with Gasteiger partial charge in [-0.15, -0.1) is 0 Å². The zero-order chi connectivity index (χ0) is 18.0. The van der Waals surface area contributed by atoms with E-state index in [1.165, 1.54) is 63.4 Å². The Morgan fingerprint density at radius 2 is 1.73 bits per heavy atom. The van der Waals surface area contributed by atoms with E-state index in [0.29, 0.717) is 11.7 Å². The van der Waals surface area contributed by atoms with E-state index in [0.717, 1.165) is 31.0 Å². The molecule has 0 saturated carbocycles. The lowest BCUT2D eigenvalue weighted by atomic mass is 10.0. The first-order valence-corrected chi connectivity index (χ1v) is 10.5. The van der Waals surface area contributed by atoms with Crippen molar-refractivity contribution < 1.29 is 4.52 Å². The maximum Gasteiger partial charge on any atom is 0.231 e. The fourth-order valence-electron chi connectivity index (χ4n) is 3.67. The van der Waals surface area contributed by atoms with E-state index in [-0.39, 0.29) is 0 Å². The largest absolute Gasteiger partial charge is 0.339 e. The summed E-state index contributed by atoms with van der Waals surface area (Å²) in [6, 6.07) is 8.68. The molecule has 1 N–H and O–H groups in total. The number of nitrogens with one attached hydrogen (secondary N) is 1. The predicted octanol–water partition coefficient (Wildman–Crippen LogP) is 5.50. The topological polar surface area (TPSA) is 51.0 Å². The van der Waals surface area contributed by atoms with Crippen LogP contribution in [0.15, 0.2) is 28.8 Å². The van der Waals surface area contributed by atoms with Gasteiger partial charge in [0.2, 0.25) is 11.7 Å². The fourth-order valence-corrected chi connectivity index (χ4v) is 3.67. The summed E-state index contributed by atoms with van der Waals surface area (Å²) in [5.41, 5.74) is 2.45. The lowest BCUT2D eigenvalue weighted by Gasteiger charge is -2.03. The van der Waals surface area contributed by atoms with Gasteiger partial charge >= 0.3 is 0 Å². The van der Waals surface area contributed by atoms with Crippen molar-refractivity contribution in [1.29, 1.82) is 0 Å². The van der Waals surface area contributed by atoms with Crippen LogP contribution in [0.5, 0.6) is 0 Å². The van der Waals surface area contributed by atoms with Crippen molar-refractivity contribution in [2.75, 3.05) is 13.1 Å². The normalized spacial score (nSPS) is 17.0. The quantitative estimate of drug-likeness (QED) is 0.541. The Kier molecular flexibility index (Phi) is 7.68. The summed E-state index contributed by atoms with van der Waals surface area (Å²) in [4.78, 5) is 4.59. The number of hydrogen-bond donors (Lipinski definition) is 1. The van der Waals surface area contributed by atoms with Gasteiger partial charge in [-0.3, -0.25) is 0 Å². The van der Waals surface area contributed by atoms with E-state index in [1.54, 1.807) is 0 Å². The lowest BCUT2D eigenvalue weighted by Crippen LogP contribution is -2.08. The molecule has 4 nitrogen and oxygen atoms in total. The minimum Gasteiger partial charge on any atom is -0.339 e. The molecule has 0 bridgehead atoms. The molecule has 1 saturated heterocycles. The Bertz CT molecular complexity index is 629. The molecule has 2 heterocycles. The molecule has 2 aromatic rings. The highest BCUT2D eigenvalue weighted by atomic mass is 16.5. The third kappa shape index (κ3) is 5.66. The van der Waals surface area contributed by atoms with Crippen LogP contribution in [0.4, 0.5) is 0 Å². The van der Waals surface area contributed by atoms with Gasteiger partial charge in [-0.05, 0) is 31.4 Å². The number of rotatable bonds is 11. The van der Waals surface area contributed by atoms with E-state index in [2.05, 4.69) is 46.6 Å². The molecule has 1 fully saturated rings. The number of aryl methyl sites for hydroxylation is 1. The fraction of sp³-hybridized carbons (Fsp3) is 0.636. The molecule has 0 aliphatic carbocycles. The van der Waals surface area contributed by atoms with Crippen LogP contribution in [0, 0.1) is 0 Å². The summed E-state index contributed by atoms with van der Waals surface area (Å²) in [5.74, 6) is 1.86. The minimum atomic E-state index is 0.373. The molecule has 1 aliphatic rings. The summed E-state index contributed by atoms with van der Waals surface area (Å²) < 4.78 is 5.46. The molecule has 1 aromatic carbocycles. The average Bonchev–Trinajstić information content (AvgIpc) is 3.36. The third-order valence-corrected chi connectivity index (χ3v) is 5.38. The highest BCUT2D eigenvalue weighted by molar-refractivity contribution is 5.54. The van der Waals surface area contributed by atoms with Crippen molar-refractivity contribution in [2.24, 2.45) is 0 Å². The monoisotopic (exact) mass is 355 g/mol. The van der Waals surface area contributed by atoms with Gasteiger partial charge in [0.25, 0.3) is 0 Å². The van der Waals surface area contributed by atoms with Crippen LogP contribution < -0.4 is 5.32 Å². The second-order valence-electron chi connectivity index (χ2n) is 7.57. The number of nitrogens with zero attached hydrogens (tertiary/aromatic N) is 2. The molecule has 0 unspecified atom stereocenters. The Balaban J connectivity index is 1.39. The first kappa shape index (κ1) is 19.1. The molecule has 1 atom stereocenters. The van der Waals surface area contributed by atoms with Crippen LogP contribution in [0.25, 0.3) is 11.4 Å². The van der Waals surface area contributed by atoms with E-state index >= 15 is 0 Å². The summed E-state index contributed by atoms with van der Waals surface area (Å²) >= 11 is 0. The third-order valence-electron chi connectivity index (χ3n) is 5.38. The molecule has 26 heavy (non-hydrogen) atoms. The summed E-state index contributed by atoms with van der Waals surface area (Å²) in [6.07, 6.45) is 13.2. The van der Waals surface area contributed by atoms with Gasteiger partial charge in [-0.2, -0.15) is 4.98 Å². The Morgan fingerprint density at radius 3 is 2.42 bits per heavy atom. The van der Waals surface area contributed by atoms with Gasteiger partial charge in [-0.1, -0.05) is 81.3 Å². The van der Waals surface area contributed by atoms with E-state index in [9.17, 15) is 0 Å². The first-order valence-electron chi connectivity index (χ1n) is 10.5. The van der Waals surface area contributed by atoms with Crippen LogP contribution in [-0.2, 0) is 6.42 Å². The predicted molar refractivity (Wildman–Crippen MR) is 106 cm³/mol. The molecule has 0 amide bonds. The molecular formula is C22H33N3O. The van der Waals surface area contributed by atoms with Gasteiger partial charge in [0, 0.05) is 12.1 Å². The van der Waals surface area contributed by atoms with Crippen LogP contribution in [0.1, 0.15) is 82.1 Å². The molecule has 3 rings (SSSR count). The maximum absolute atomic E-state index is 5.46. The summed E-state index contributed by atoms with van der Waals surface area (Å²) in [6.45, 7) is 4.25. The van der Waals surface area contributed by atoms with Gasteiger partial charge in [0.05, 0.1) is 5.92 Å². The van der Waals surface area contributed by atoms with Crippen molar-refractivity contribution in [3.8, 4) is 11.4 Å². The Labute approximate surface area is 157 Å². The van der Waals surface area contributed by atoms with Gasteiger partial charge in [0.1, 0.15) is 0 Å². The second-order valence-corrected chi connectivity index (χ2v) is 7.57. The molecule has 0 spiro atoms. The Hall–Kier alpha value is -1.68. The summed E-state index contributed by atoms with van der Waals surface area (Å²) in [5, 5.41) is 7.50. The molecular weight excluding hydrogens is 322 g/mol.